The van der Waals surface area contributed by atoms with Gasteiger partial charge in [0.05, 0.1) is 4.92 Å². The highest BCUT2D eigenvalue weighted by molar-refractivity contribution is 5.81. The largest absolute Gasteiger partial charge is 0.343 e. The SMILES string of the molecule is COC(OC)N(C)C.N#Cc1c(C=O)cccc1[N+](=O)[O-]. The molecule has 0 saturated carbocycles. The second kappa shape index (κ2) is 9.55. The van der Waals surface area contributed by atoms with Crippen molar-refractivity contribution in [3.63, 3.8) is 0 Å². The van der Waals surface area contributed by atoms with E-state index in [2.05, 4.69) is 0 Å². The van der Waals surface area contributed by atoms with Crippen LogP contribution in [0.15, 0.2) is 18.2 Å². The average Bonchev–Trinajstić information content (AvgIpc) is 2.47. The Balaban J connectivity index is 0.000000433. The lowest BCUT2D eigenvalue weighted by molar-refractivity contribution is -0.385. The Morgan fingerprint density at radius 1 is 1.38 bits per heavy atom. The van der Waals surface area contributed by atoms with Gasteiger partial charge in [0.25, 0.3) is 5.69 Å². The van der Waals surface area contributed by atoms with Crippen LogP contribution < -0.4 is 0 Å². The number of aldehydes is 1. The lowest BCUT2D eigenvalue weighted by atomic mass is 10.1. The summed E-state index contributed by atoms with van der Waals surface area (Å²) in [6, 6.07) is 5.53. The molecule has 0 N–H and O–H groups in total. The third kappa shape index (κ3) is 5.66. The first-order chi connectivity index (χ1) is 9.92. The normalized spacial score (nSPS) is 9.76. The number of nitro benzene ring substituents is 1. The van der Waals surface area contributed by atoms with Gasteiger partial charge >= 0.3 is 0 Å². The number of ether oxygens (including phenoxy) is 2. The third-order valence-electron chi connectivity index (χ3n) is 2.34. The van der Waals surface area contributed by atoms with Gasteiger partial charge in [-0.25, -0.2) is 0 Å². The molecule has 0 amide bonds. The molecular formula is C13H17N3O5. The molecule has 114 valence electrons. The lowest BCUT2D eigenvalue weighted by Crippen LogP contribution is -2.30. The highest BCUT2D eigenvalue weighted by Crippen LogP contribution is 2.19. The van der Waals surface area contributed by atoms with Crippen LogP contribution in [-0.4, -0.2) is 50.8 Å². The van der Waals surface area contributed by atoms with E-state index in [0.29, 0.717) is 6.29 Å². The van der Waals surface area contributed by atoms with Gasteiger partial charge in [-0.3, -0.25) is 19.8 Å². The van der Waals surface area contributed by atoms with Gasteiger partial charge in [0.1, 0.15) is 11.6 Å². The van der Waals surface area contributed by atoms with E-state index in [1.807, 2.05) is 19.0 Å². The van der Waals surface area contributed by atoms with Crippen LogP contribution in [0.2, 0.25) is 0 Å². The molecule has 0 radical (unpaired) electrons. The van der Waals surface area contributed by atoms with Crippen LogP contribution in [0.3, 0.4) is 0 Å². The van der Waals surface area contributed by atoms with Gasteiger partial charge in [0, 0.05) is 25.8 Å². The lowest BCUT2D eigenvalue weighted by Gasteiger charge is -2.19. The fraction of sp³-hybridized carbons (Fsp3) is 0.385. The molecule has 21 heavy (non-hydrogen) atoms. The van der Waals surface area contributed by atoms with Crippen molar-refractivity contribution in [2.75, 3.05) is 28.3 Å². The number of rotatable bonds is 5. The molecule has 0 aliphatic heterocycles. The summed E-state index contributed by atoms with van der Waals surface area (Å²) >= 11 is 0. The molecule has 1 rings (SSSR count). The van der Waals surface area contributed by atoms with Crippen LogP contribution in [0.5, 0.6) is 0 Å². The number of hydrogen-bond donors (Lipinski definition) is 0. The molecule has 0 aliphatic carbocycles. The Morgan fingerprint density at radius 2 is 1.95 bits per heavy atom. The molecule has 0 fully saturated rings. The number of methoxy groups -OCH3 is 2. The number of nitrogens with zero attached hydrogens (tertiary/aromatic N) is 3. The molecule has 0 atom stereocenters. The van der Waals surface area contributed by atoms with Gasteiger partial charge in [-0.1, -0.05) is 6.07 Å². The van der Waals surface area contributed by atoms with Crippen molar-refractivity contribution in [3.05, 3.63) is 39.4 Å². The summed E-state index contributed by atoms with van der Waals surface area (Å²) < 4.78 is 9.73. The Hall–Kier alpha value is -2.34. The molecule has 0 saturated heterocycles. The predicted molar refractivity (Wildman–Crippen MR) is 74.7 cm³/mol. The van der Waals surface area contributed by atoms with Gasteiger partial charge in [-0.15, -0.1) is 0 Å². The Morgan fingerprint density at radius 3 is 2.24 bits per heavy atom. The van der Waals surface area contributed by atoms with Crippen molar-refractivity contribution >= 4 is 12.0 Å². The molecule has 1 aromatic rings. The van der Waals surface area contributed by atoms with E-state index < -0.39 is 4.92 Å². The van der Waals surface area contributed by atoms with Crippen molar-refractivity contribution < 1.29 is 19.2 Å². The summed E-state index contributed by atoms with van der Waals surface area (Å²) in [5.41, 5.74) is -0.494. The number of carbonyl (C=O) groups excluding carboxylic acids is 1. The maximum Gasteiger partial charge on any atom is 0.287 e. The van der Waals surface area contributed by atoms with Crippen molar-refractivity contribution in [1.82, 2.24) is 4.90 Å². The quantitative estimate of drug-likeness (QED) is 0.350. The standard InChI is InChI=1S/C8H4N2O3.C5H13NO2/c9-4-7-6(5-11)2-1-3-8(7)10(12)13;1-6(2)5(7-3)8-4/h1-3,5H;5H,1-4H3. The van der Waals surface area contributed by atoms with Crippen LogP contribution >= 0.6 is 0 Å². The highest BCUT2D eigenvalue weighted by atomic mass is 16.7. The topological polar surface area (TPSA) is 106 Å². The van der Waals surface area contributed by atoms with Gasteiger partial charge in [-0.05, 0) is 20.2 Å². The predicted octanol–water partition coefficient (Wildman–Crippen LogP) is 1.40. The van der Waals surface area contributed by atoms with Crippen molar-refractivity contribution in [3.8, 4) is 6.07 Å². The number of hydrogen-bond acceptors (Lipinski definition) is 7. The number of carbonyl (C=O) groups is 1. The Kier molecular flexibility index (Phi) is 8.48. The summed E-state index contributed by atoms with van der Waals surface area (Å²) in [5, 5.41) is 19.0. The highest BCUT2D eigenvalue weighted by Gasteiger charge is 2.15. The summed E-state index contributed by atoms with van der Waals surface area (Å²) in [7, 11) is 6.98. The summed E-state index contributed by atoms with van der Waals surface area (Å²) in [6.45, 7) is 0. The van der Waals surface area contributed by atoms with Crippen molar-refractivity contribution in [2.45, 2.75) is 6.41 Å². The molecule has 8 heteroatoms. The zero-order valence-electron chi connectivity index (χ0n) is 12.3. The van der Waals surface area contributed by atoms with E-state index >= 15 is 0 Å². The Bertz CT molecular complexity index is 521. The number of benzene rings is 1. The summed E-state index contributed by atoms with van der Waals surface area (Å²) in [4.78, 5) is 21.9. The maximum atomic E-state index is 10.4. The molecule has 0 unspecified atom stereocenters. The summed E-state index contributed by atoms with van der Waals surface area (Å²) in [6.07, 6.45) is 0.209. The smallest absolute Gasteiger partial charge is 0.287 e. The third-order valence-corrected chi connectivity index (χ3v) is 2.34. The minimum absolute atomic E-state index is 0.0386. The van der Waals surface area contributed by atoms with Crippen LogP contribution in [-0.2, 0) is 9.47 Å². The van der Waals surface area contributed by atoms with E-state index in [-0.39, 0.29) is 23.2 Å². The molecule has 0 heterocycles. The second-order valence-electron chi connectivity index (χ2n) is 3.97. The Labute approximate surface area is 122 Å². The monoisotopic (exact) mass is 295 g/mol. The van der Waals surface area contributed by atoms with Gasteiger partial charge in [0.15, 0.2) is 6.29 Å². The summed E-state index contributed by atoms with van der Waals surface area (Å²) in [5.74, 6) is 0. The minimum atomic E-state index is -0.689. The van der Waals surface area contributed by atoms with Crippen LogP contribution in [0, 0.1) is 21.4 Å². The van der Waals surface area contributed by atoms with Crippen LogP contribution in [0.1, 0.15) is 15.9 Å². The molecule has 1 aromatic carbocycles. The van der Waals surface area contributed by atoms with Gasteiger partial charge in [0.2, 0.25) is 6.41 Å². The number of nitro groups is 1. The fourth-order valence-electron chi connectivity index (χ4n) is 1.45. The second-order valence-corrected chi connectivity index (χ2v) is 3.97. The molecule has 0 aromatic heterocycles. The molecule has 0 spiro atoms. The zero-order valence-corrected chi connectivity index (χ0v) is 12.3. The van der Waals surface area contributed by atoms with Gasteiger partial charge in [-0.2, -0.15) is 5.26 Å². The molecular weight excluding hydrogens is 278 g/mol. The van der Waals surface area contributed by atoms with Crippen LogP contribution in [0.4, 0.5) is 5.69 Å². The first-order valence-corrected chi connectivity index (χ1v) is 5.77. The first kappa shape index (κ1) is 18.7. The van der Waals surface area contributed by atoms with E-state index in [1.165, 1.54) is 18.2 Å². The minimum Gasteiger partial charge on any atom is -0.343 e. The van der Waals surface area contributed by atoms with E-state index in [4.69, 9.17) is 14.7 Å². The average molecular weight is 295 g/mol. The molecule has 8 nitrogen and oxygen atoms in total. The molecule has 0 aliphatic rings. The van der Waals surface area contributed by atoms with E-state index in [9.17, 15) is 14.9 Å². The fourth-order valence-corrected chi connectivity index (χ4v) is 1.45. The van der Waals surface area contributed by atoms with E-state index in [1.54, 1.807) is 20.3 Å². The molecule has 0 bridgehead atoms. The van der Waals surface area contributed by atoms with E-state index in [0.717, 1.165) is 0 Å². The maximum absolute atomic E-state index is 10.4. The van der Waals surface area contributed by atoms with Crippen LogP contribution in [0.25, 0.3) is 0 Å². The zero-order chi connectivity index (χ0) is 16.4. The number of nitriles is 1. The first-order valence-electron chi connectivity index (χ1n) is 5.77. The van der Waals surface area contributed by atoms with Gasteiger partial charge < -0.3 is 9.47 Å². The van der Waals surface area contributed by atoms with Crippen molar-refractivity contribution in [1.29, 1.82) is 5.26 Å². The van der Waals surface area contributed by atoms with Crippen molar-refractivity contribution in [2.24, 2.45) is 0 Å².